The van der Waals surface area contributed by atoms with Gasteiger partial charge in [0.2, 0.25) is 0 Å². The van der Waals surface area contributed by atoms with Crippen LogP contribution in [-0.4, -0.2) is 45.8 Å². The van der Waals surface area contributed by atoms with Crippen LogP contribution in [0.2, 0.25) is 10.0 Å². The van der Waals surface area contributed by atoms with Gasteiger partial charge in [-0.1, -0.05) is 56.1 Å². The van der Waals surface area contributed by atoms with Crippen LogP contribution in [0.4, 0.5) is 0 Å². The molecule has 204 valence electrons. The molecule has 8 heteroatoms. The van der Waals surface area contributed by atoms with E-state index in [4.69, 9.17) is 28.2 Å². The fraction of sp³-hybridized carbons (Fsp3) is 0.500. The van der Waals surface area contributed by atoms with Crippen LogP contribution < -0.4 is 5.32 Å². The summed E-state index contributed by atoms with van der Waals surface area (Å²) in [6.07, 6.45) is 2.91. The maximum Gasteiger partial charge on any atom is 0.275 e. The van der Waals surface area contributed by atoms with Crippen LogP contribution >= 0.6 is 23.2 Å². The van der Waals surface area contributed by atoms with Crippen LogP contribution in [0.1, 0.15) is 87.8 Å². The van der Waals surface area contributed by atoms with Crippen LogP contribution in [0.5, 0.6) is 0 Å². The van der Waals surface area contributed by atoms with Crippen molar-refractivity contribution in [2.45, 2.75) is 78.1 Å². The molecule has 0 radical (unpaired) electrons. The van der Waals surface area contributed by atoms with E-state index in [0.717, 1.165) is 31.2 Å². The number of aliphatic hydroxyl groups is 1. The number of benzene rings is 2. The molecule has 1 aliphatic carbocycles. The van der Waals surface area contributed by atoms with Crippen LogP contribution in [-0.2, 0) is 4.79 Å². The van der Waals surface area contributed by atoms with Crippen molar-refractivity contribution in [1.29, 1.82) is 0 Å². The van der Waals surface area contributed by atoms with Gasteiger partial charge in [-0.05, 0) is 86.8 Å². The number of nitrogens with zero attached hydrogens (tertiary/aromatic N) is 2. The number of hydrogen-bond donors (Lipinski definition) is 2. The number of nitrogens with one attached hydrogen (secondary N) is 1. The molecule has 0 saturated heterocycles. The van der Waals surface area contributed by atoms with Crippen LogP contribution in [0.15, 0.2) is 47.5 Å². The van der Waals surface area contributed by atoms with Gasteiger partial charge < -0.3 is 15.3 Å². The number of aliphatic hydroxyl groups excluding tert-OH is 1. The molecule has 2 aromatic carbocycles. The van der Waals surface area contributed by atoms with Crippen molar-refractivity contribution in [2.24, 2.45) is 16.3 Å². The van der Waals surface area contributed by atoms with Gasteiger partial charge in [-0.25, -0.2) is 0 Å². The predicted octanol–water partition coefficient (Wildman–Crippen LogP) is 6.43. The summed E-state index contributed by atoms with van der Waals surface area (Å²) in [5, 5.41) is 13.1. The smallest absolute Gasteiger partial charge is 0.275 e. The third-order valence-electron chi connectivity index (χ3n) is 7.94. The molecule has 0 unspecified atom stereocenters. The normalized spacial score (nSPS) is 23.4. The first kappa shape index (κ1) is 28.6. The van der Waals surface area contributed by atoms with Crippen molar-refractivity contribution in [2.75, 3.05) is 6.54 Å². The van der Waals surface area contributed by atoms with Crippen molar-refractivity contribution in [3.8, 4) is 0 Å². The molecule has 1 fully saturated rings. The lowest BCUT2D eigenvalue weighted by Gasteiger charge is -2.46. The Morgan fingerprint density at radius 2 is 1.68 bits per heavy atom. The van der Waals surface area contributed by atoms with Crippen molar-refractivity contribution in [1.82, 2.24) is 10.2 Å². The van der Waals surface area contributed by atoms with Crippen molar-refractivity contribution >= 4 is 40.7 Å². The summed E-state index contributed by atoms with van der Waals surface area (Å²) in [6, 6.07) is 12.2. The second kappa shape index (κ2) is 11.0. The second-order valence-corrected chi connectivity index (χ2v) is 12.6. The highest BCUT2D eigenvalue weighted by Gasteiger charge is 2.52. The van der Waals surface area contributed by atoms with Gasteiger partial charge in [-0.15, -0.1) is 0 Å². The first-order valence-corrected chi connectivity index (χ1v) is 14.0. The molecule has 1 heterocycles. The fourth-order valence-corrected chi connectivity index (χ4v) is 6.26. The molecule has 38 heavy (non-hydrogen) atoms. The molecule has 0 bridgehead atoms. The third kappa shape index (κ3) is 5.93. The van der Waals surface area contributed by atoms with Crippen LogP contribution in [0, 0.1) is 11.3 Å². The highest BCUT2D eigenvalue weighted by atomic mass is 35.5. The molecular formula is C30H37Cl2N3O3. The average molecular weight is 559 g/mol. The first-order valence-electron chi connectivity index (χ1n) is 13.3. The topological polar surface area (TPSA) is 82.0 Å². The Labute approximate surface area is 235 Å². The molecule has 4 rings (SSSR count). The van der Waals surface area contributed by atoms with E-state index >= 15 is 0 Å². The number of carbonyl (C=O) groups is 2. The van der Waals surface area contributed by atoms with Gasteiger partial charge in [0.25, 0.3) is 11.8 Å². The van der Waals surface area contributed by atoms with Gasteiger partial charge in [0, 0.05) is 27.7 Å². The SMILES string of the molecule is C[C@H](O)CNC(=O)c1ccc([C@@H](C)N2C(=O)C(c3cc(Cl)cc(Cl)c3)=NC23CCC(C(C)(C)C)CC3)cc1. The highest BCUT2D eigenvalue weighted by molar-refractivity contribution is 6.47. The van der Waals surface area contributed by atoms with Gasteiger partial charge in [-0.3, -0.25) is 14.6 Å². The second-order valence-electron chi connectivity index (χ2n) is 11.8. The number of aliphatic imine (C=N–C) groups is 1. The lowest BCUT2D eigenvalue weighted by molar-refractivity contribution is -0.132. The number of carbonyl (C=O) groups excluding carboxylic acids is 2. The van der Waals surface area contributed by atoms with E-state index in [-0.39, 0.29) is 29.8 Å². The van der Waals surface area contributed by atoms with Crippen molar-refractivity contribution in [3.63, 3.8) is 0 Å². The summed E-state index contributed by atoms with van der Waals surface area (Å²) in [5.74, 6) is 0.172. The number of halogens is 2. The zero-order valence-electron chi connectivity index (χ0n) is 22.7. The Kier molecular flexibility index (Phi) is 8.27. The predicted molar refractivity (Wildman–Crippen MR) is 153 cm³/mol. The van der Waals surface area contributed by atoms with E-state index in [1.807, 2.05) is 24.0 Å². The molecule has 2 N–H and O–H groups in total. The number of rotatable bonds is 6. The van der Waals surface area contributed by atoms with Gasteiger partial charge in [0.05, 0.1) is 12.1 Å². The van der Waals surface area contributed by atoms with Gasteiger partial charge >= 0.3 is 0 Å². The average Bonchev–Trinajstić information content (AvgIpc) is 3.12. The molecular weight excluding hydrogens is 521 g/mol. The number of hydrogen-bond acceptors (Lipinski definition) is 4. The molecule has 2 aromatic rings. The summed E-state index contributed by atoms with van der Waals surface area (Å²) < 4.78 is 0. The summed E-state index contributed by atoms with van der Waals surface area (Å²) in [6.45, 7) is 10.6. The maximum atomic E-state index is 14.0. The molecule has 2 atom stereocenters. The monoisotopic (exact) mass is 557 g/mol. The fourth-order valence-electron chi connectivity index (χ4n) is 5.73. The Hall–Kier alpha value is -2.41. The number of amides is 2. The van der Waals surface area contributed by atoms with E-state index < -0.39 is 11.8 Å². The minimum absolute atomic E-state index is 0.135. The Morgan fingerprint density at radius 1 is 1.11 bits per heavy atom. The van der Waals surface area contributed by atoms with Crippen molar-refractivity contribution < 1.29 is 14.7 Å². The largest absolute Gasteiger partial charge is 0.392 e. The summed E-state index contributed by atoms with van der Waals surface area (Å²) in [4.78, 5) is 33.5. The zero-order chi connectivity index (χ0) is 27.8. The molecule has 1 aliphatic heterocycles. The lowest BCUT2D eigenvalue weighted by Crippen LogP contribution is -2.50. The molecule has 2 amide bonds. The van der Waals surface area contributed by atoms with Crippen molar-refractivity contribution in [3.05, 3.63) is 69.2 Å². The van der Waals surface area contributed by atoms with Crippen LogP contribution in [0.3, 0.4) is 0 Å². The molecule has 1 saturated carbocycles. The maximum absolute atomic E-state index is 14.0. The standard InChI is InChI=1S/C30H37Cl2N3O3/c1-18(36)17-33-27(37)21-8-6-20(7-9-21)19(2)35-28(38)26(22-14-24(31)16-25(32)15-22)34-30(35)12-10-23(11-13-30)29(3,4)5/h6-9,14-16,18-19,23,36H,10-13,17H2,1-5H3,(H,33,37)/t18-,19+,23?,30?/m0/s1. The van der Waals surface area contributed by atoms with E-state index in [9.17, 15) is 14.7 Å². The van der Waals surface area contributed by atoms with E-state index in [1.165, 1.54) is 0 Å². The Morgan fingerprint density at radius 3 is 2.21 bits per heavy atom. The lowest BCUT2D eigenvalue weighted by atomic mass is 9.69. The summed E-state index contributed by atoms with van der Waals surface area (Å²) in [7, 11) is 0. The molecule has 0 aromatic heterocycles. The quantitative estimate of drug-likeness (QED) is 0.429. The van der Waals surface area contributed by atoms with E-state index in [0.29, 0.717) is 32.8 Å². The summed E-state index contributed by atoms with van der Waals surface area (Å²) in [5.41, 5.74) is 1.99. The van der Waals surface area contributed by atoms with E-state index in [1.54, 1.807) is 37.3 Å². The van der Waals surface area contributed by atoms with Gasteiger partial charge in [0.1, 0.15) is 11.4 Å². The van der Waals surface area contributed by atoms with Gasteiger partial charge in [0.15, 0.2) is 0 Å². The molecule has 6 nitrogen and oxygen atoms in total. The first-order chi connectivity index (χ1) is 17.8. The summed E-state index contributed by atoms with van der Waals surface area (Å²) >= 11 is 12.6. The molecule has 1 spiro atoms. The van der Waals surface area contributed by atoms with Crippen LogP contribution in [0.25, 0.3) is 0 Å². The van der Waals surface area contributed by atoms with E-state index in [2.05, 4.69) is 26.1 Å². The minimum Gasteiger partial charge on any atom is -0.392 e. The van der Waals surface area contributed by atoms with Gasteiger partial charge in [-0.2, -0.15) is 0 Å². The molecule has 2 aliphatic rings. The Balaban J connectivity index is 1.66. The highest BCUT2D eigenvalue weighted by Crippen LogP contribution is 2.49. The third-order valence-corrected chi connectivity index (χ3v) is 8.37. The minimum atomic E-state index is -0.643. The zero-order valence-corrected chi connectivity index (χ0v) is 24.2. The Bertz CT molecular complexity index is 1210.